The molecule has 1 heterocycles. The molecule has 0 aliphatic heterocycles. The molecule has 272 valence electrons. The van der Waals surface area contributed by atoms with E-state index >= 15 is 0 Å². The Morgan fingerprint density at radius 3 is 1.90 bits per heavy atom. The molecular weight excluding hydrogens is 683 g/mol. The van der Waals surface area contributed by atoms with Crippen LogP contribution in [0, 0.1) is 18.6 Å². The first-order valence-electron chi connectivity index (χ1n) is 17.6. The van der Waals surface area contributed by atoms with Crippen LogP contribution in [0.5, 0.6) is 5.75 Å². The zero-order valence-corrected chi connectivity index (χ0v) is 30.2. The summed E-state index contributed by atoms with van der Waals surface area (Å²) in [6.45, 7) is 2.44. The van der Waals surface area contributed by atoms with E-state index in [1.807, 2.05) is 18.2 Å². The zero-order chi connectivity index (χ0) is 36.9. The molecule has 0 spiro atoms. The van der Waals surface area contributed by atoms with E-state index in [9.17, 15) is 23.2 Å². The highest BCUT2D eigenvalue weighted by Crippen LogP contribution is 2.56. The Kier molecular flexibility index (Phi) is 13.7. The third-order valence-electron chi connectivity index (χ3n) is 9.10. The Morgan fingerprint density at radius 1 is 0.788 bits per heavy atom. The Morgan fingerprint density at radius 2 is 1.35 bits per heavy atom. The van der Waals surface area contributed by atoms with Crippen molar-refractivity contribution in [2.45, 2.75) is 45.4 Å². The van der Waals surface area contributed by atoms with Crippen LogP contribution in [0.3, 0.4) is 0 Å². The number of rotatable bonds is 18. The van der Waals surface area contributed by atoms with Gasteiger partial charge >= 0.3 is 5.63 Å². The average molecular weight is 729 g/mol. The third kappa shape index (κ3) is 9.11. The lowest BCUT2D eigenvalue weighted by atomic mass is 10.0. The smallest absolute Gasteiger partial charge is 0.340 e. The number of hydrogen-bond acceptors (Lipinski definition) is 6. The summed E-state index contributed by atoms with van der Waals surface area (Å²) in [7, 11) is -1.95. The predicted molar refractivity (Wildman–Crippen MR) is 205 cm³/mol. The molecule has 2 amide bonds. The zero-order valence-electron chi connectivity index (χ0n) is 29.3. The molecule has 0 fully saturated rings. The SMILES string of the molecule is Cc1c(CC(=O)NCCCNC(=O)CCCC[P+](c2ccccc2)(c2ccccc2)c2ccccc2)c(=O)oc2c(F)c(OCCCN)c(F)cc12. The van der Waals surface area contributed by atoms with Gasteiger partial charge in [0.25, 0.3) is 0 Å². The molecule has 0 radical (unpaired) electrons. The Bertz CT molecular complexity index is 1910. The van der Waals surface area contributed by atoms with Crippen LogP contribution < -0.4 is 42.6 Å². The number of nitrogens with two attached hydrogens (primary N) is 1. The second kappa shape index (κ2) is 18.5. The topological polar surface area (TPSA) is 124 Å². The lowest BCUT2D eigenvalue weighted by Gasteiger charge is -2.27. The van der Waals surface area contributed by atoms with Crippen molar-refractivity contribution in [1.82, 2.24) is 10.6 Å². The molecule has 0 saturated carbocycles. The van der Waals surface area contributed by atoms with Gasteiger partial charge < -0.3 is 25.5 Å². The summed E-state index contributed by atoms with van der Waals surface area (Å²) in [4.78, 5) is 38.1. The van der Waals surface area contributed by atoms with E-state index in [1.165, 1.54) is 22.8 Å². The molecule has 0 saturated heterocycles. The number of fused-ring (bicyclic) bond motifs is 1. The minimum absolute atomic E-state index is 0.00214. The maximum Gasteiger partial charge on any atom is 0.340 e. The summed E-state index contributed by atoms with van der Waals surface area (Å²) < 4.78 is 40.0. The maximum absolute atomic E-state index is 15.0. The molecule has 4 aromatic carbocycles. The Balaban J connectivity index is 1.10. The van der Waals surface area contributed by atoms with E-state index in [4.69, 9.17) is 14.9 Å². The molecule has 5 rings (SSSR count). The van der Waals surface area contributed by atoms with Crippen molar-refractivity contribution in [3.8, 4) is 5.75 Å². The molecule has 8 nitrogen and oxygen atoms in total. The number of aryl methyl sites for hydroxylation is 1. The summed E-state index contributed by atoms with van der Waals surface area (Å²) in [6, 6.07) is 33.0. The van der Waals surface area contributed by atoms with Crippen LogP contribution >= 0.6 is 7.26 Å². The molecule has 1 aromatic heterocycles. The van der Waals surface area contributed by atoms with Gasteiger partial charge in [0.2, 0.25) is 17.6 Å². The van der Waals surface area contributed by atoms with E-state index in [1.54, 1.807) is 0 Å². The molecule has 0 aliphatic rings. The summed E-state index contributed by atoms with van der Waals surface area (Å²) in [5.41, 5.74) is 4.34. The number of carbonyl (C=O) groups is 2. The highest BCUT2D eigenvalue weighted by Gasteiger charge is 2.44. The predicted octanol–water partition coefficient (Wildman–Crippen LogP) is 5.44. The molecule has 0 aliphatic carbocycles. The van der Waals surface area contributed by atoms with Crippen molar-refractivity contribution in [1.29, 1.82) is 0 Å². The van der Waals surface area contributed by atoms with Gasteiger partial charge in [0, 0.05) is 24.9 Å². The van der Waals surface area contributed by atoms with E-state index in [-0.39, 0.29) is 48.5 Å². The summed E-state index contributed by atoms with van der Waals surface area (Å²) in [5.74, 6) is -3.21. The molecule has 5 aromatic rings. The number of amides is 2. The van der Waals surface area contributed by atoms with Crippen LogP contribution in [0.15, 0.2) is 106 Å². The van der Waals surface area contributed by atoms with E-state index < -0.39 is 41.8 Å². The Labute approximate surface area is 303 Å². The largest absolute Gasteiger partial charge is 0.487 e. The first-order chi connectivity index (χ1) is 25.3. The summed E-state index contributed by atoms with van der Waals surface area (Å²) in [5, 5.41) is 9.66. The molecule has 0 bridgehead atoms. The number of unbranched alkanes of at least 4 members (excludes halogenated alkanes) is 1. The first kappa shape index (κ1) is 38.3. The molecular formula is C41H45F2N3O5P+. The summed E-state index contributed by atoms with van der Waals surface area (Å²) in [6.07, 6.45) is 3.49. The maximum atomic E-state index is 15.0. The number of hydrogen-bond donors (Lipinski definition) is 3. The number of nitrogens with one attached hydrogen (secondary N) is 2. The quantitative estimate of drug-likeness (QED) is 0.0628. The first-order valence-corrected chi connectivity index (χ1v) is 19.6. The summed E-state index contributed by atoms with van der Waals surface area (Å²) >= 11 is 0. The number of ether oxygens (including phenoxy) is 1. The standard InChI is InChI=1S/C41H44F2N3O5P/c1-29-33-27-35(42)40(50-25-13-22-44)38(43)39(33)51-41(49)34(29)28-37(48)46-24-14-23-45-36(47)21-11-12-26-52(30-15-5-2-6-16-30,31-17-7-3-8-18-31)32-19-9-4-10-20-32/h2-10,15-20,27H,11-14,21-26,28,44H2,1H3,(H-,45,46,47,48)/p+1. The fourth-order valence-electron chi connectivity index (χ4n) is 6.40. The fourth-order valence-corrected chi connectivity index (χ4v) is 10.8. The normalized spacial score (nSPS) is 11.4. The van der Waals surface area contributed by atoms with Gasteiger partial charge in [-0.15, -0.1) is 0 Å². The second-order valence-corrected chi connectivity index (χ2v) is 16.2. The third-order valence-corrected chi connectivity index (χ3v) is 13.6. The van der Waals surface area contributed by atoms with Gasteiger partial charge in [-0.1, -0.05) is 54.6 Å². The number of halogens is 2. The van der Waals surface area contributed by atoms with Crippen molar-refractivity contribution >= 4 is 46.0 Å². The Hall–Kier alpha value is -4.92. The van der Waals surface area contributed by atoms with Crippen LogP contribution in [0.2, 0.25) is 0 Å². The second-order valence-electron chi connectivity index (χ2n) is 12.6. The van der Waals surface area contributed by atoms with Crippen LogP contribution in [-0.2, 0) is 16.0 Å². The van der Waals surface area contributed by atoms with Crippen LogP contribution in [-0.4, -0.2) is 44.2 Å². The number of carbonyl (C=O) groups excluding carboxylic acids is 2. The molecule has 0 unspecified atom stereocenters. The van der Waals surface area contributed by atoms with Crippen molar-refractivity contribution in [2.24, 2.45) is 5.73 Å². The van der Waals surface area contributed by atoms with Gasteiger partial charge in [-0.2, -0.15) is 4.39 Å². The van der Waals surface area contributed by atoms with Crippen LogP contribution in [0.4, 0.5) is 8.78 Å². The highest BCUT2D eigenvalue weighted by molar-refractivity contribution is 7.95. The van der Waals surface area contributed by atoms with Crippen LogP contribution in [0.1, 0.15) is 43.2 Å². The lowest BCUT2D eigenvalue weighted by Crippen LogP contribution is -2.33. The van der Waals surface area contributed by atoms with Gasteiger partial charge in [0.15, 0.2) is 17.1 Å². The van der Waals surface area contributed by atoms with E-state index in [2.05, 4.69) is 83.4 Å². The number of benzene rings is 4. The van der Waals surface area contributed by atoms with E-state index in [0.717, 1.165) is 25.1 Å². The average Bonchev–Trinajstić information content (AvgIpc) is 3.16. The molecule has 11 heteroatoms. The van der Waals surface area contributed by atoms with Gasteiger partial charge in [0.05, 0.1) is 24.8 Å². The van der Waals surface area contributed by atoms with Crippen LogP contribution in [0.25, 0.3) is 11.0 Å². The lowest BCUT2D eigenvalue weighted by molar-refractivity contribution is -0.121. The molecule has 4 N–H and O–H groups in total. The monoisotopic (exact) mass is 728 g/mol. The van der Waals surface area contributed by atoms with Crippen molar-refractivity contribution in [3.63, 3.8) is 0 Å². The fraction of sp³-hybridized carbons (Fsp3) is 0.293. The van der Waals surface area contributed by atoms with Gasteiger partial charge in [-0.3, -0.25) is 9.59 Å². The van der Waals surface area contributed by atoms with Crippen molar-refractivity contribution < 1.29 is 27.5 Å². The van der Waals surface area contributed by atoms with Gasteiger partial charge in [-0.05, 0) is 87.2 Å². The molecule has 52 heavy (non-hydrogen) atoms. The van der Waals surface area contributed by atoms with Crippen molar-refractivity contribution in [3.05, 3.63) is 130 Å². The van der Waals surface area contributed by atoms with Crippen molar-refractivity contribution in [2.75, 3.05) is 32.4 Å². The van der Waals surface area contributed by atoms with E-state index in [0.29, 0.717) is 25.8 Å². The van der Waals surface area contributed by atoms with Gasteiger partial charge in [-0.25, -0.2) is 9.18 Å². The highest BCUT2D eigenvalue weighted by atomic mass is 31.2. The van der Waals surface area contributed by atoms with Gasteiger partial charge in [0.1, 0.15) is 23.2 Å². The molecule has 0 atom stereocenters. The minimum Gasteiger partial charge on any atom is -0.487 e. The minimum atomic E-state index is -1.95.